The molecule has 0 fully saturated rings. The Morgan fingerprint density at radius 3 is 2.71 bits per heavy atom. The Labute approximate surface area is 99.3 Å². The number of aliphatic carboxylic acids is 1. The van der Waals surface area contributed by atoms with Crippen LogP contribution in [0.2, 0.25) is 0 Å². The van der Waals surface area contributed by atoms with Gasteiger partial charge in [-0.2, -0.15) is 5.10 Å². The molecular formula is C13H14N2O2. The minimum atomic E-state index is -0.814. The Morgan fingerprint density at radius 1 is 1.41 bits per heavy atom. The molecule has 88 valence electrons. The summed E-state index contributed by atoms with van der Waals surface area (Å²) in [6.07, 6.45) is 2.22. The molecule has 2 N–H and O–H groups in total. The third-order valence-electron chi connectivity index (χ3n) is 2.80. The highest BCUT2D eigenvalue weighted by molar-refractivity contribution is 5.79. The lowest BCUT2D eigenvalue weighted by Crippen LogP contribution is -2.10. The second-order valence-corrected chi connectivity index (χ2v) is 3.85. The molecule has 1 heterocycles. The van der Waals surface area contributed by atoms with Gasteiger partial charge >= 0.3 is 5.97 Å². The van der Waals surface area contributed by atoms with Gasteiger partial charge in [-0.05, 0) is 6.42 Å². The average Bonchev–Trinajstić information content (AvgIpc) is 2.80. The molecule has 0 radical (unpaired) electrons. The van der Waals surface area contributed by atoms with E-state index in [0.29, 0.717) is 6.42 Å². The number of hydrogen-bond acceptors (Lipinski definition) is 2. The first kappa shape index (κ1) is 11.4. The highest BCUT2D eigenvalue weighted by Gasteiger charge is 2.23. The van der Waals surface area contributed by atoms with Crippen LogP contribution >= 0.6 is 0 Å². The summed E-state index contributed by atoms with van der Waals surface area (Å²) in [7, 11) is 0. The molecule has 0 saturated heterocycles. The van der Waals surface area contributed by atoms with Gasteiger partial charge in [-0.25, -0.2) is 0 Å². The zero-order chi connectivity index (χ0) is 12.3. The standard InChI is InChI=1S/C13H14N2O2/c1-2-10(13(16)17)11-8-14-15-12(11)9-6-4-3-5-7-9/h3-8,10H,2H2,1H3,(H,14,15)(H,16,17). The Morgan fingerprint density at radius 2 is 2.12 bits per heavy atom. The predicted molar refractivity (Wildman–Crippen MR) is 64.7 cm³/mol. The number of hydrogen-bond donors (Lipinski definition) is 2. The second-order valence-electron chi connectivity index (χ2n) is 3.85. The van der Waals surface area contributed by atoms with Gasteiger partial charge in [0.15, 0.2) is 0 Å². The topological polar surface area (TPSA) is 66.0 Å². The summed E-state index contributed by atoms with van der Waals surface area (Å²) in [6.45, 7) is 1.86. The van der Waals surface area contributed by atoms with Gasteiger partial charge in [0.05, 0.1) is 11.6 Å². The van der Waals surface area contributed by atoms with Crippen LogP contribution in [-0.2, 0) is 4.79 Å². The number of nitrogens with zero attached hydrogens (tertiary/aromatic N) is 1. The molecule has 4 nitrogen and oxygen atoms in total. The molecule has 0 saturated carbocycles. The molecule has 0 amide bonds. The van der Waals surface area contributed by atoms with Gasteiger partial charge in [-0.3, -0.25) is 9.89 Å². The monoisotopic (exact) mass is 230 g/mol. The molecule has 0 bridgehead atoms. The lowest BCUT2D eigenvalue weighted by atomic mass is 9.94. The number of carbonyl (C=O) groups is 1. The minimum absolute atomic E-state index is 0.510. The maximum atomic E-state index is 11.2. The largest absolute Gasteiger partial charge is 0.481 e. The van der Waals surface area contributed by atoms with E-state index >= 15 is 0 Å². The number of aromatic nitrogens is 2. The van der Waals surface area contributed by atoms with Crippen molar-refractivity contribution in [3.8, 4) is 11.3 Å². The summed E-state index contributed by atoms with van der Waals surface area (Å²) >= 11 is 0. The van der Waals surface area contributed by atoms with Gasteiger partial charge in [0.2, 0.25) is 0 Å². The Bertz CT molecular complexity index is 505. The van der Waals surface area contributed by atoms with Crippen LogP contribution in [-0.4, -0.2) is 21.3 Å². The van der Waals surface area contributed by atoms with Crippen molar-refractivity contribution < 1.29 is 9.90 Å². The number of H-pyrrole nitrogens is 1. The average molecular weight is 230 g/mol. The Balaban J connectivity index is 2.45. The van der Waals surface area contributed by atoms with Crippen molar-refractivity contribution in [1.82, 2.24) is 10.2 Å². The first-order valence-corrected chi connectivity index (χ1v) is 5.56. The first-order valence-electron chi connectivity index (χ1n) is 5.56. The predicted octanol–water partition coefficient (Wildman–Crippen LogP) is 2.65. The summed E-state index contributed by atoms with van der Waals surface area (Å²) in [6, 6.07) is 9.60. The lowest BCUT2D eigenvalue weighted by Gasteiger charge is -2.09. The van der Waals surface area contributed by atoms with Crippen molar-refractivity contribution in [2.45, 2.75) is 19.3 Å². The quantitative estimate of drug-likeness (QED) is 0.848. The maximum absolute atomic E-state index is 11.2. The van der Waals surface area contributed by atoms with E-state index in [0.717, 1.165) is 16.8 Å². The van der Waals surface area contributed by atoms with E-state index in [1.165, 1.54) is 0 Å². The van der Waals surface area contributed by atoms with E-state index in [1.807, 2.05) is 37.3 Å². The van der Waals surface area contributed by atoms with Crippen LogP contribution in [0.4, 0.5) is 0 Å². The summed E-state index contributed by atoms with van der Waals surface area (Å²) < 4.78 is 0. The minimum Gasteiger partial charge on any atom is -0.481 e. The molecule has 0 spiro atoms. The lowest BCUT2D eigenvalue weighted by molar-refractivity contribution is -0.138. The highest BCUT2D eigenvalue weighted by Crippen LogP contribution is 2.29. The number of carboxylic acids is 1. The molecule has 0 aliphatic carbocycles. The van der Waals surface area contributed by atoms with Crippen molar-refractivity contribution in [2.75, 3.05) is 0 Å². The number of rotatable bonds is 4. The SMILES string of the molecule is CCC(C(=O)O)c1c[nH]nc1-c1ccccc1. The van der Waals surface area contributed by atoms with Crippen molar-refractivity contribution in [3.63, 3.8) is 0 Å². The fraction of sp³-hybridized carbons (Fsp3) is 0.231. The number of aromatic amines is 1. The molecule has 0 aliphatic heterocycles. The van der Waals surface area contributed by atoms with Gasteiger partial charge in [0, 0.05) is 17.3 Å². The van der Waals surface area contributed by atoms with E-state index in [2.05, 4.69) is 10.2 Å². The van der Waals surface area contributed by atoms with Crippen molar-refractivity contribution in [2.24, 2.45) is 0 Å². The van der Waals surface area contributed by atoms with Crippen LogP contribution in [0.15, 0.2) is 36.5 Å². The van der Waals surface area contributed by atoms with Crippen molar-refractivity contribution >= 4 is 5.97 Å². The van der Waals surface area contributed by atoms with Gasteiger partial charge < -0.3 is 5.11 Å². The molecule has 0 aliphatic rings. The van der Waals surface area contributed by atoms with Crippen molar-refractivity contribution in [3.05, 3.63) is 42.1 Å². The van der Waals surface area contributed by atoms with Gasteiger partial charge in [-0.15, -0.1) is 0 Å². The molecular weight excluding hydrogens is 216 g/mol. The van der Waals surface area contributed by atoms with Crippen LogP contribution in [0.5, 0.6) is 0 Å². The van der Waals surface area contributed by atoms with Gasteiger partial charge in [0.25, 0.3) is 0 Å². The first-order chi connectivity index (χ1) is 8.24. The van der Waals surface area contributed by atoms with E-state index in [-0.39, 0.29) is 0 Å². The zero-order valence-electron chi connectivity index (χ0n) is 9.55. The molecule has 1 unspecified atom stereocenters. The molecule has 1 aromatic heterocycles. The van der Waals surface area contributed by atoms with Crippen LogP contribution in [0.1, 0.15) is 24.8 Å². The number of benzene rings is 1. The molecule has 4 heteroatoms. The third-order valence-corrected chi connectivity index (χ3v) is 2.80. The second kappa shape index (κ2) is 4.82. The molecule has 2 aromatic rings. The highest BCUT2D eigenvalue weighted by atomic mass is 16.4. The van der Waals surface area contributed by atoms with E-state index in [1.54, 1.807) is 6.20 Å². The van der Waals surface area contributed by atoms with Gasteiger partial charge in [-0.1, -0.05) is 37.3 Å². The summed E-state index contributed by atoms with van der Waals surface area (Å²) in [5.41, 5.74) is 2.40. The summed E-state index contributed by atoms with van der Waals surface area (Å²) in [4.78, 5) is 11.2. The van der Waals surface area contributed by atoms with Crippen LogP contribution in [0, 0.1) is 0 Å². The van der Waals surface area contributed by atoms with E-state index in [4.69, 9.17) is 0 Å². The van der Waals surface area contributed by atoms with Crippen molar-refractivity contribution in [1.29, 1.82) is 0 Å². The van der Waals surface area contributed by atoms with Crippen LogP contribution in [0.25, 0.3) is 11.3 Å². The molecule has 1 aromatic carbocycles. The summed E-state index contributed by atoms with van der Waals surface area (Å²) in [5.74, 6) is -1.32. The molecule has 1 atom stereocenters. The fourth-order valence-corrected chi connectivity index (χ4v) is 1.92. The molecule has 2 rings (SSSR count). The van der Waals surface area contributed by atoms with E-state index in [9.17, 15) is 9.90 Å². The fourth-order valence-electron chi connectivity index (χ4n) is 1.92. The summed E-state index contributed by atoms with van der Waals surface area (Å²) in [5, 5.41) is 16.1. The zero-order valence-corrected chi connectivity index (χ0v) is 9.55. The van der Waals surface area contributed by atoms with Crippen LogP contribution < -0.4 is 0 Å². The Hall–Kier alpha value is -2.10. The number of carboxylic acid groups (broad SMARTS) is 1. The van der Waals surface area contributed by atoms with E-state index < -0.39 is 11.9 Å². The van der Waals surface area contributed by atoms with Crippen LogP contribution in [0.3, 0.4) is 0 Å². The Kier molecular flexibility index (Phi) is 3.23. The molecule has 17 heavy (non-hydrogen) atoms. The third kappa shape index (κ3) is 2.20. The smallest absolute Gasteiger partial charge is 0.311 e. The maximum Gasteiger partial charge on any atom is 0.311 e. The van der Waals surface area contributed by atoms with Gasteiger partial charge in [0.1, 0.15) is 0 Å². The normalized spacial score (nSPS) is 12.3. The number of nitrogens with one attached hydrogen (secondary N) is 1.